The van der Waals surface area contributed by atoms with Crippen LogP contribution in [0.2, 0.25) is 0 Å². The lowest BCUT2D eigenvalue weighted by atomic mass is 9.95. The van der Waals surface area contributed by atoms with Crippen molar-refractivity contribution in [2.24, 2.45) is 5.92 Å². The monoisotopic (exact) mass is 376 g/mol. The normalized spacial score (nSPS) is 15.2. The van der Waals surface area contributed by atoms with Gasteiger partial charge >= 0.3 is 0 Å². The van der Waals surface area contributed by atoms with Crippen LogP contribution in [0.1, 0.15) is 28.8 Å². The summed E-state index contributed by atoms with van der Waals surface area (Å²) in [4.78, 5) is 26.7. The van der Waals surface area contributed by atoms with E-state index in [1.165, 1.54) is 16.9 Å². The standard InChI is InChI=1S/C17H20N4O2S2/c1-24-10-12-2-4-14(5-3-12)16(23)21-8-6-13(7-9-21)15(22)19-17-20-18-11-25-17/h2-5,11,13H,6-10H2,1H3,(H,19,20,22). The molecule has 0 radical (unpaired) electrons. The second-order valence-corrected chi connectivity index (χ2v) is 7.63. The number of rotatable bonds is 5. The van der Waals surface area contributed by atoms with Crippen molar-refractivity contribution in [3.8, 4) is 0 Å². The van der Waals surface area contributed by atoms with Crippen molar-refractivity contribution in [2.45, 2.75) is 18.6 Å². The molecule has 6 nitrogen and oxygen atoms in total. The van der Waals surface area contributed by atoms with Gasteiger partial charge in [0, 0.05) is 30.3 Å². The van der Waals surface area contributed by atoms with Crippen LogP contribution in [0.3, 0.4) is 0 Å². The van der Waals surface area contributed by atoms with Crippen molar-refractivity contribution < 1.29 is 9.59 Å². The predicted octanol–water partition coefficient (Wildman–Crippen LogP) is 2.89. The average molecular weight is 377 g/mol. The number of likely N-dealkylation sites (tertiary alicyclic amines) is 1. The van der Waals surface area contributed by atoms with Gasteiger partial charge in [-0.05, 0) is 36.8 Å². The molecule has 1 aromatic carbocycles. The van der Waals surface area contributed by atoms with Crippen LogP contribution < -0.4 is 5.32 Å². The van der Waals surface area contributed by atoms with Crippen molar-refractivity contribution >= 4 is 40.0 Å². The maximum Gasteiger partial charge on any atom is 0.253 e. The van der Waals surface area contributed by atoms with Crippen molar-refractivity contribution in [3.63, 3.8) is 0 Å². The van der Waals surface area contributed by atoms with E-state index in [1.54, 1.807) is 17.3 Å². The van der Waals surface area contributed by atoms with Gasteiger partial charge < -0.3 is 10.2 Å². The van der Waals surface area contributed by atoms with Crippen LogP contribution in [0.15, 0.2) is 29.8 Å². The Balaban J connectivity index is 1.52. The second-order valence-electron chi connectivity index (χ2n) is 5.93. The molecule has 0 unspecified atom stereocenters. The molecule has 1 aliphatic heterocycles. The van der Waals surface area contributed by atoms with Gasteiger partial charge in [0.15, 0.2) is 0 Å². The molecule has 2 amide bonds. The minimum Gasteiger partial charge on any atom is -0.339 e. The number of piperidine rings is 1. The number of hydrogen-bond donors (Lipinski definition) is 1. The van der Waals surface area contributed by atoms with Gasteiger partial charge in [0.2, 0.25) is 11.0 Å². The Bertz CT molecular complexity index is 711. The maximum atomic E-state index is 12.6. The van der Waals surface area contributed by atoms with E-state index < -0.39 is 0 Å². The second kappa shape index (κ2) is 8.44. The molecule has 1 saturated heterocycles. The van der Waals surface area contributed by atoms with E-state index in [2.05, 4.69) is 21.8 Å². The predicted molar refractivity (Wildman–Crippen MR) is 101 cm³/mol. The topological polar surface area (TPSA) is 75.2 Å². The molecule has 2 heterocycles. The molecule has 0 saturated carbocycles. The molecule has 132 valence electrons. The maximum absolute atomic E-state index is 12.6. The number of carbonyl (C=O) groups is 2. The molecule has 0 bridgehead atoms. The number of aromatic nitrogens is 2. The number of carbonyl (C=O) groups excluding carboxylic acids is 2. The van der Waals surface area contributed by atoms with E-state index in [-0.39, 0.29) is 17.7 Å². The van der Waals surface area contributed by atoms with Crippen LogP contribution >= 0.6 is 23.1 Å². The van der Waals surface area contributed by atoms with Crippen LogP contribution in [-0.2, 0) is 10.5 Å². The minimum absolute atomic E-state index is 0.0368. The largest absolute Gasteiger partial charge is 0.339 e. The zero-order valence-electron chi connectivity index (χ0n) is 14.0. The molecule has 25 heavy (non-hydrogen) atoms. The highest BCUT2D eigenvalue weighted by atomic mass is 32.2. The zero-order chi connectivity index (χ0) is 17.6. The van der Waals surface area contributed by atoms with Crippen molar-refractivity contribution in [1.82, 2.24) is 15.1 Å². The summed E-state index contributed by atoms with van der Waals surface area (Å²) in [5, 5.41) is 10.8. The molecule has 1 N–H and O–H groups in total. The summed E-state index contributed by atoms with van der Waals surface area (Å²) in [6, 6.07) is 7.79. The van der Waals surface area contributed by atoms with Gasteiger partial charge in [-0.25, -0.2) is 0 Å². The third-order valence-corrected chi connectivity index (χ3v) is 5.48. The first-order valence-electron chi connectivity index (χ1n) is 8.11. The van der Waals surface area contributed by atoms with Crippen LogP contribution in [-0.4, -0.2) is 46.3 Å². The lowest BCUT2D eigenvalue weighted by molar-refractivity contribution is -0.121. The summed E-state index contributed by atoms with van der Waals surface area (Å²) in [6.45, 7) is 1.19. The molecular weight excluding hydrogens is 356 g/mol. The molecule has 1 aromatic heterocycles. The minimum atomic E-state index is -0.0862. The fraction of sp³-hybridized carbons (Fsp3) is 0.412. The lowest BCUT2D eigenvalue weighted by Crippen LogP contribution is -2.41. The first-order valence-corrected chi connectivity index (χ1v) is 10.4. The SMILES string of the molecule is CSCc1ccc(C(=O)N2CCC(C(=O)Nc3nncs3)CC2)cc1. The molecule has 3 rings (SSSR count). The summed E-state index contributed by atoms with van der Waals surface area (Å²) in [6.07, 6.45) is 3.40. The smallest absolute Gasteiger partial charge is 0.253 e. The molecule has 2 aromatic rings. The molecule has 1 aliphatic rings. The molecule has 8 heteroatoms. The number of nitrogens with one attached hydrogen (secondary N) is 1. The number of thioether (sulfide) groups is 1. The zero-order valence-corrected chi connectivity index (χ0v) is 15.6. The summed E-state index contributed by atoms with van der Waals surface area (Å²) in [5.74, 6) is 0.865. The number of benzene rings is 1. The van der Waals surface area contributed by atoms with E-state index in [0.717, 1.165) is 5.75 Å². The Labute approximate surface area is 155 Å². The van der Waals surface area contributed by atoms with Crippen molar-refractivity contribution in [1.29, 1.82) is 0 Å². The number of nitrogens with zero attached hydrogens (tertiary/aromatic N) is 3. The first-order chi connectivity index (χ1) is 12.2. The Morgan fingerprint density at radius 3 is 2.60 bits per heavy atom. The van der Waals surface area contributed by atoms with Crippen LogP contribution in [0.5, 0.6) is 0 Å². The third-order valence-electron chi connectivity index (χ3n) is 4.26. The highest BCUT2D eigenvalue weighted by Gasteiger charge is 2.28. The average Bonchev–Trinajstić information content (AvgIpc) is 3.15. The van der Waals surface area contributed by atoms with E-state index >= 15 is 0 Å². The van der Waals surface area contributed by atoms with E-state index in [9.17, 15) is 9.59 Å². The molecule has 1 fully saturated rings. The summed E-state index contributed by atoms with van der Waals surface area (Å²) >= 11 is 3.06. The van der Waals surface area contributed by atoms with Gasteiger partial charge in [0.05, 0.1) is 0 Å². The van der Waals surface area contributed by atoms with Gasteiger partial charge in [-0.1, -0.05) is 23.5 Å². The summed E-state index contributed by atoms with van der Waals surface area (Å²) in [7, 11) is 0. The highest BCUT2D eigenvalue weighted by molar-refractivity contribution is 7.97. The summed E-state index contributed by atoms with van der Waals surface area (Å²) < 4.78 is 0. The number of amides is 2. The number of anilines is 1. The van der Waals surface area contributed by atoms with Gasteiger partial charge in [0.1, 0.15) is 5.51 Å². The Hall–Kier alpha value is -1.93. The first kappa shape index (κ1) is 17.9. The van der Waals surface area contributed by atoms with Gasteiger partial charge in [-0.2, -0.15) is 11.8 Å². The summed E-state index contributed by atoms with van der Waals surface area (Å²) in [5.41, 5.74) is 3.51. The van der Waals surface area contributed by atoms with Crippen molar-refractivity contribution in [2.75, 3.05) is 24.7 Å². The van der Waals surface area contributed by atoms with E-state index in [4.69, 9.17) is 0 Å². The Morgan fingerprint density at radius 1 is 1.28 bits per heavy atom. The van der Waals surface area contributed by atoms with Crippen LogP contribution in [0, 0.1) is 5.92 Å². The van der Waals surface area contributed by atoms with Gasteiger partial charge in [-0.15, -0.1) is 10.2 Å². The Morgan fingerprint density at radius 2 is 2.00 bits per heavy atom. The van der Waals surface area contributed by atoms with Gasteiger partial charge in [0.25, 0.3) is 5.91 Å². The quantitative estimate of drug-likeness (QED) is 0.868. The fourth-order valence-corrected chi connectivity index (χ4v) is 3.85. The van der Waals surface area contributed by atoms with Crippen molar-refractivity contribution in [3.05, 3.63) is 40.9 Å². The van der Waals surface area contributed by atoms with E-state index in [1.807, 2.05) is 29.2 Å². The molecule has 0 spiro atoms. The van der Waals surface area contributed by atoms with Gasteiger partial charge in [-0.3, -0.25) is 9.59 Å². The van der Waals surface area contributed by atoms with E-state index in [0.29, 0.717) is 36.6 Å². The third kappa shape index (κ3) is 4.58. The van der Waals surface area contributed by atoms with Crippen LogP contribution in [0.25, 0.3) is 0 Å². The van der Waals surface area contributed by atoms with Crippen LogP contribution in [0.4, 0.5) is 5.13 Å². The Kier molecular flexibility index (Phi) is 6.04. The molecule has 0 atom stereocenters. The molecular formula is C17H20N4O2S2. The highest BCUT2D eigenvalue weighted by Crippen LogP contribution is 2.22. The lowest BCUT2D eigenvalue weighted by Gasteiger charge is -2.31. The molecule has 0 aliphatic carbocycles. The fourth-order valence-electron chi connectivity index (χ4n) is 2.87. The number of hydrogen-bond acceptors (Lipinski definition) is 6.